The van der Waals surface area contributed by atoms with Gasteiger partial charge in [0.25, 0.3) is 5.56 Å². The van der Waals surface area contributed by atoms with Crippen LogP contribution in [0.25, 0.3) is 6.08 Å². The van der Waals surface area contributed by atoms with Gasteiger partial charge < -0.3 is 23.7 Å². The summed E-state index contributed by atoms with van der Waals surface area (Å²) in [4.78, 5) is 32.3. The van der Waals surface area contributed by atoms with E-state index in [1.807, 2.05) is 25.1 Å². The summed E-state index contributed by atoms with van der Waals surface area (Å²) in [6, 6.07) is 8.28. The summed E-state index contributed by atoms with van der Waals surface area (Å²) in [7, 11) is 1.54. The van der Waals surface area contributed by atoms with Crippen molar-refractivity contribution in [3.63, 3.8) is 0 Å². The second-order valence-corrected chi connectivity index (χ2v) is 10.5. The summed E-state index contributed by atoms with van der Waals surface area (Å²) in [6.45, 7) is 6.97. The Bertz CT molecular complexity index is 1660. The SMILES string of the molecule is CCOC(=O)C1=C(C)N=c2s/c(=C/c3ccc4c(c3)OCCO4)c(=O)n2[C@H]1c1cc(OC)c(OCC)cc1Br. The highest BCUT2D eigenvalue weighted by molar-refractivity contribution is 9.10. The third-order valence-corrected chi connectivity index (χ3v) is 7.93. The van der Waals surface area contributed by atoms with Gasteiger partial charge in [0, 0.05) is 4.47 Å². The smallest absolute Gasteiger partial charge is 0.338 e. The minimum atomic E-state index is -0.804. The van der Waals surface area contributed by atoms with E-state index in [1.54, 1.807) is 39.2 Å². The molecule has 0 saturated carbocycles. The molecule has 5 rings (SSSR count). The van der Waals surface area contributed by atoms with Gasteiger partial charge in [0.05, 0.1) is 42.2 Å². The van der Waals surface area contributed by atoms with Crippen LogP contribution >= 0.6 is 27.3 Å². The molecule has 2 aliphatic rings. The second kappa shape index (κ2) is 11.3. The molecule has 3 aromatic rings. The quantitative estimate of drug-likeness (QED) is 0.374. The number of methoxy groups -OCH3 is 1. The number of thiazole rings is 1. The molecule has 0 radical (unpaired) electrons. The highest BCUT2D eigenvalue weighted by atomic mass is 79.9. The van der Waals surface area contributed by atoms with Crippen molar-refractivity contribution in [1.29, 1.82) is 0 Å². The molecule has 0 fully saturated rings. The third kappa shape index (κ3) is 5.08. The van der Waals surface area contributed by atoms with Crippen LogP contribution in [0.5, 0.6) is 23.0 Å². The number of halogens is 1. The van der Waals surface area contributed by atoms with E-state index < -0.39 is 12.0 Å². The van der Waals surface area contributed by atoms with Crippen molar-refractivity contribution in [2.75, 3.05) is 33.5 Å². The van der Waals surface area contributed by atoms with Crippen LogP contribution < -0.4 is 33.8 Å². The monoisotopic (exact) mass is 614 g/mol. The average Bonchev–Trinajstić information content (AvgIpc) is 3.22. The Kier molecular flexibility index (Phi) is 7.81. The number of hydrogen-bond acceptors (Lipinski definition) is 9. The van der Waals surface area contributed by atoms with Crippen LogP contribution in [0.1, 0.15) is 37.9 Å². The van der Waals surface area contributed by atoms with Crippen LogP contribution in [0, 0.1) is 0 Å². The lowest BCUT2D eigenvalue weighted by molar-refractivity contribution is -0.139. The molecule has 11 heteroatoms. The average molecular weight is 616 g/mol. The van der Waals surface area contributed by atoms with Crippen molar-refractivity contribution < 1.29 is 28.5 Å². The first-order valence-corrected chi connectivity index (χ1v) is 14.1. The predicted octanol–water partition coefficient (Wildman–Crippen LogP) is 3.74. The molecule has 2 aromatic carbocycles. The lowest BCUT2D eigenvalue weighted by atomic mass is 9.95. The molecule has 1 atom stereocenters. The summed E-state index contributed by atoms with van der Waals surface area (Å²) >= 11 is 4.89. The van der Waals surface area contributed by atoms with E-state index in [0.717, 1.165) is 5.56 Å². The molecule has 0 spiro atoms. The highest BCUT2D eigenvalue weighted by Gasteiger charge is 2.35. The lowest BCUT2D eigenvalue weighted by Crippen LogP contribution is -2.40. The molecule has 0 amide bonds. The molecule has 0 bridgehead atoms. The largest absolute Gasteiger partial charge is 0.493 e. The van der Waals surface area contributed by atoms with E-state index in [-0.39, 0.29) is 17.7 Å². The van der Waals surface area contributed by atoms with Crippen LogP contribution in [0.2, 0.25) is 0 Å². The number of hydrogen-bond donors (Lipinski definition) is 0. The normalized spacial score (nSPS) is 16.4. The zero-order valence-electron chi connectivity index (χ0n) is 21.9. The van der Waals surface area contributed by atoms with Gasteiger partial charge in [-0.05, 0) is 62.2 Å². The Labute approximate surface area is 237 Å². The van der Waals surface area contributed by atoms with E-state index in [0.29, 0.717) is 67.9 Å². The number of benzene rings is 2. The van der Waals surface area contributed by atoms with E-state index >= 15 is 0 Å². The van der Waals surface area contributed by atoms with Crippen molar-refractivity contribution >= 4 is 39.3 Å². The maximum absolute atomic E-state index is 13.9. The van der Waals surface area contributed by atoms with E-state index in [4.69, 9.17) is 23.7 Å². The van der Waals surface area contributed by atoms with Gasteiger partial charge in [0.1, 0.15) is 13.2 Å². The Hall–Kier alpha value is -3.57. The fourth-order valence-electron chi connectivity index (χ4n) is 4.58. The van der Waals surface area contributed by atoms with E-state index in [1.165, 1.54) is 15.9 Å². The van der Waals surface area contributed by atoms with Crippen LogP contribution in [-0.2, 0) is 9.53 Å². The molecule has 204 valence electrons. The molecule has 0 saturated heterocycles. The highest BCUT2D eigenvalue weighted by Crippen LogP contribution is 2.41. The number of ether oxygens (including phenoxy) is 5. The van der Waals surface area contributed by atoms with Crippen molar-refractivity contribution in [2.24, 2.45) is 4.99 Å². The molecule has 0 aliphatic carbocycles. The molecule has 39 heavy (non-hydrogen) atoms. The van der Waals surface area contributed by atoms with Gasteiger partial charge in [-0.2, -0.15) is 0 Å². The maximum atomic E-state index is 13.9. The molecular weight excluding hydrogens is 588 g/mol. The molecule has 0 N–H and O–H groups in total. The number of esters is 1. The van der Waals surface area contributed by atoms with Crippen LogP contribution in [0.15, 0.2) is 55.9 Å². The Morgan fingerprint density at radius 1 is 1.15 bits per heavy atom. The maximum Gasteiger partial charge on any atom is 0.338 e. The number of allylic oxidation sites excluding steroid dienone is 1. The number of rotatable bonds is 7. The van der Waals surface area contributed by atoms with Crippen LogP contribution in [0.3, 0.4) is 0 Å². The first-order valence-electron chi connectivity index (χ1n) is 12.5. The number of carbonyl (C=O) groups excluding carboxylic acids is 1. The van der Waals surface area contributed by atoms with Gasteiger partial charge in [0.15, 0.2) is 27.8 Å². The van der Waals surface area contributed by atoms with E-state index in [2.05, 4.69) is 20.9 Å². The molecule has 0 unspecified atom stereocenters. The first-order chi connectivity index (χ1) is 18.9. The number of aromatic nitrogens is 1. The Balaban J connectivity index is 1.71. The topological polar surface area (TPSA) is 97.6 Å². The fourth-order valence-corrected chi connectivity index (χ4v) is 6.16. The van der Waals surface area contributed by atoms with Crippen molar-refractivity contribution in [3.8, 4) is 23.0 Å². The van der Waals surface area contributed by atoms with Crippen molar-refractivity contribution in [1.82, 2.24) is 4.57 Å². The van der Waals surface area contributed by atoms with Gasteiger partial charge in [-0.3, -0.25) is 9.36 Å². The summed E-state index contributed by atoms with van der Waals surface area (Å²) in [6.07, 6.45) is 1.79. The Morgan fingerprint density at radius 3 is 2.64 bits per heavy atom. The van der Waals surface area contributed by atoms with Gasteiger partial charge in [-0.25, -0.2) is 9.79 Å². The molecule has 9 nitrogen and oxygen atoms in total. The van der Waals surface area contributed by atoms with Gasteiger partial charge in [-0.15, -0.1) is 0 Å². The molecule has 1 aromatic heterocycles. The van der Waals surface area contributed by atoms with Gasteiger partial charge in [-0.1, -0.05) is 33.3 Å². The zero-order valence-corrected chi connectivity index (χ0v) is 24.3. The van der Waals surface area contributed by atoms with Gasteiger partial charge >= 0.3 is 5.97 Å². The van der Waals surface area contributed by atoms with Crippen molar-refractivity contribution in [3.05, 3.63) is 76.9 Å². The summed E-state index contributed by atoms with van der Waals surface area (Å²) in [5.41, 5.74) is 1.89. The summed E-state index contributed by atoms with van der Waals surface area (Å²) < 4.78 is 30.7. The fraction of sp³-hybridized carbons (Fsp3) is 0.321. The minimum absolute atomic E-state index is 0.185. The van der Waals surface area contributed by atoms with Crippen LogP contribution in [0.4, 0.5) is 0 Å². The van der Waals surface area contributed by atoms with Crippen LogP contribution in [-0.4, -0.2) is 44.1 Å². The minimum Gasteiger partial charge on any atom is -0.493 e. The third-order valence-electron chi connectivity index (χ3n) is 6.26. The predicted molar refractivity (Wildman–Crippen MR) is 150 cm³/mol. The second-order valence-electron chi connectivity index (χ2n) is 8.66. The van der Waals surface area contributed by atoms with E-state index in [9.17, 15) is 9.59 Å². The first kappa shape index (κ1) is 27.0. The number of fused-ring (bicyclic) bond motifs is 2. The lowest BCUT2D eigenvalue weighted by Gasteiger charge is -2.26. The molecule has 2 aliphatic heterocycles. The summed E-state index contributed by atoms with van der Waals surface area (Å²) in [5.74, 6) is 1.78. The Morgan fingerprint density at radius 2 is 1.92 bits per heavy atom. The molecular formula is C28H27BrN2O7S. The van der Waals surface area contributed by atoms with Crippen molar-refractivity contribution in [2.45, 2.75) is 26.8 Å². The number of carbonyl (C=O) groups is 1. The zero-order chi connectivity index (χ0) is 27.7. The number of nitrogens with zero attached hydrogens (tertiary/aromatic N) is 2. The van der Waals surface area contributed by atoms with Gasteiger partial charge in [0.2, 0.25) is 0 Å². The summed E-state index contributed by atoms with van der Waals surface area (Å²) in [5, 5.41) is 0. The standard InChI is InChI=1S/C28H27BrN2O7S/c1-5-35-22-14-18(29)17(13-20(22)34-4)25-24(27(33)36-6-2)15(3)30-28-31(25)26(32)23(39-28)12-16-7-8-19-21(11-16)38-10-9-37-19/h7-8,11-14,25H,5-6,9-10H2,1-4H3/b23-12+/t25-/m0/s1. The molecule has 3 heterocycles.